The van der Waals surface area contributed by atoms with Crippen molar-refractivity contribution in [3.63, 3.8) is 0 Å². The molecule has 0 radical (unpaired) electrons. The number of hydrogen-bond acceptors (Lipinski definition) is 6. The van der Waals surface area contributed by atoms with E-state index in [2.05, 4.69) is 27.5 Å². The van der Waals surface area contributed by atoms with Gasteiger partial charge in [0.1, 0.15) is 0 Å². The number of fused-ring (bicyclic) bond motifs is 1. The molecule has 0 spiro atoms. The van der Waals surface area contributed by atoms with Crippen LogP contribution in [0.25, 0.3) is 0 Å². The number of rotatable bonds is 13. The van der Waals surface area contributed by atoms with Crippen LogP contribution in [0.3, 0.4) is 0 Å². The first-order chi connectivity index (χ1) is 18.1. The Morgan fingerprint density at radius 3 is 3.00 bits per heavy atom. The first-order valence-electron chi connectivity index (χ1n) is 13.3. The van der Waals surface area contributed by atoms with Crippen LogP contribution in [0.2, 0.25) is 0 Å². The van der Waals surface area contributed by atoms with E-state index in [0.717, 1.165) is 43.4 Å². The van der Waals surface area contributed by atoms with Gasteiger partial charge in [-0.2, -0.15) is 0 Å². The third-order valence-corrected chi connectivity index (χ3v) is 7.05. The number of nitrogens with zero attached hydrogens (tertiary/aromatic N) is 4. The number of nitrogens with one attached hydrogen (secondary N) is 1. The summed E-state index contributed by atoms with van der Waals surface area (Å²) < 4.78 is 27.9. The molecular weight excluding hydrogens is 473 g/mol. The van der Waals surface area contributed by atoms with Crippen LogP contribution >= 0.6 is 0 Å². The number of anilines is 1. The predicted octanol–water partition coefficient (Wildman–Crippen LogP) is 5.30. The summed E-state index contributed by atoms with van der Waals surface area (Å²) >= 11 is 0. The summed E-state index contributed by atoms with van der Waals surface area (Å²) in [6.45, 7) is 3.42. The molecule has 1 amide bonds. The predicted molar refractivity (Wildman–Crippen MR) is 137 cm³/mol. The lowest BCUT2D eigenvalue weighted by molar-refractivity contribution is -0.123. The zero-order valence-corrected chi connectivity index (χ0v) is 21.2. The van der Waals surface area contributed by atoms with Gasteiger partial charge in [0.15, 0.2) is 29.2 Å². The molecule has 1 aliphatic carbocycles. The van der Waals surface area contributed by atoms with Crippen molar-refractivity contribution in [3.05, 3.63) is 59.8 Å². The number of aromatic nitrogens is 4. The van der Waals surface area contributed by atoms with Gasteiger partial charge in [-0.25, -0.2) is 14.1 Å². The fourth-order valence-electron chi connectivity index (χ4n) is 4.73. The van der Waals surface area contributed by atoms with Gasteiger partial charge >= 0.3 is 0 Å². The van der Waals surface area contributed by atoms with Crippen LogP contribution in [0, 0.1) is 11.7 Å². The number of aryl methyl sites for hydroxylation is 1. The first kappa shape index (κ1) is 25.2. The molecule has 0 bridgehead atoms. The van der Waals surface area contributed by atoms with Crippen LogP contribution in [0.1, 0.15) is 69.0 Å². The van der Waals surface area contributed by atoms with E-state index in [9.17, 15) is 9.18 Å². The highest BCUT2D eigenvalue weighted by molar-refractivity contribution is 5.96. The van der Waals surface area contributed by atoms with E-state index < -0.39 is 6.10 Å². The minimum absolute atomic E-state index is 0.153. The summed E-state index contributed by atoms with van der Waals surface area (Å²) in [6.07, 6.45) is 10.4. The van der Waals surface area contributed by atoms with Gasteiger partial charge in [0.25, 0.3) is 5.91 Å². The third kappa shape index (κ3) is 6.45. The maximum Gasteiger partial charge on any atom is 0.266 e. The quantitative estimate of drug-likeness (QED) is 0.316. The van der Waals surface area contributed by atoms with Crippen LogP contribution in [0.15, 0.2) is 42.7 Å². The minimum atomic E-state index is -0.511. The van der Waals surface area contributed by atoms with Crippen molar-refractivity contribution >= 4 is 11.7 Å². The summed E-state index contributed by atoms with van der Waals surface area (Å²) in [5, 5.41) is 11.3. The van der Waals surface area contributed by atoms with E-state index in [0.29, 0.717) is 42.8 Å². The van der Waals surface area contributed by atoms with E-state index >= 15 is 0 Å². The third-order valence-electron chi connectivity index (χ3n) is 7.05. The molecule has 0 saturated heterocycles. The van der Waals surface area contributed by atoms with E-state index in [4.69, 9.17) is 9.47 Å². The number of carbonyl (C=O) groups excluding carboxylic acids is 1. The number of amides is 1. The lowest BCUT2D eigenvalue weighted by Gasteiger charge is -2.24. The molecule has 37 heavy (non-hydrogen) atoms. The van der Waals surface area contributed by atoms with Crippen molar-refractivity contribution in [2.45, 2.75) is 76.9 Å². The number of halogens is 1. The van der Waals surface area contributed by atoms with Crippen LogP contribution in [-0.2, 0) is 17.8 Å². The van der Waals surface area contributed by atoms with Crippen LogP contribution in [-0.4, -0.2) is 38.6 Å². The van der Waals surface area contributed by atoms with Crippen molar-refractivity contribution < 1.29 is 18.7 Å². The standard InChI is InChI=1S/C28H34FN5O3/c1-2-6-21(20-12-13-23(29)26(15-20)36-18-19-10-11-19)17-34-22(16-31-33-34)7-3-4-8-25-28(35)32-27-24(37-25)9-5-14-30-27/h5,9,12-16,19,21,25H,2-4,6-8,10-11,17-18H2,1H3,(H,30,32,35)/t21-,25?/m0/s1. The second kappa shape index (κ2) is 11.7. The fraction of sp³-hybridized carbons (Fsp3) is 0.500. The smallest absolute Gasteiger partial charge is 0.266 e. The number of ether oxygens (including phenoxy) is 2. The highest BCUT2D eigenvalue weighted by Crippen LogP contribution is 2.33. The van der Waals surface area contributed by atoms with Gasteiger partial charge in [-0.15, -0.1) is 5.10 Å². The highest BCUT2D eigenvalue weighted by atomic mass is 19.1. The zero-order valence-electron chi connectivity index (χ0n) is 21.2. The van der Waals surface area contributed by atoms with Gasteiger partial charge in [-0.05, 0) is 80.7 Å². The second-order valence-corrected chi connectivity index (χ2v) is 10.0. The van der Waals surface area contributed by atoms with Gasteiger partial charge in [0, 0.05) is 18.7 Å². The Hall–Kier alpha value is -3.49. The fourth-order valence-corrected chi connectivity index (χ4v) is 4.73. The Kier molecular flexibility index (Phi) is 7.96. The van der Waals surface area contributed by atoms with Crippen LogP contribution < -0.4 is 14.8 Å². The normalized spacial score (nSPS) is 17.6. The Morgan fingerprint density at radius 2 is 2.16 bits per heavy atom. The van der Waals surface area contributed by atoms with Crippen molar-refractivity contribution in [1.82, 2.24) is 20.0 Å². The van der Waals surface area contributed by atoms with Gasteiger partial charge in [-0.3, -0.25) is 4.79 Å². The monoisotopic (exact) mass is 507 g/mol. The largest absolute Gasteiger partial charge is 0.490 e. The molecular formula is C28H34FN5O3. The summed E-state index contributed by atoms with van der Waals surface area (Å²) in [4.78, 5) is 16.5. The average Bonchev–Trinajstić information content (AvgIpc) is 3.63. The summed E-state index contributed by atoms with van der Waals surface area (Å²) in [5.74, 6) is 1.72. The number of pyridine rings is 1. The van der Waals surface area contributed by atoms with Crippen LogP contribution in [0.4, 0.5) is 10.2 Å². The number of hydrogen-bond donors (Lipinski definition) is 1. The van der Waals surface area contributed by atoms with E-state index in [1.165, 1.54) is 18.9 Å². The number of benzene rings is 1. The van der Waals surface area contributed by atoms with Crippen molar-refractivity contribution in [1.29, 1.82) is 0 Å². The molecule has 1 unspecified atom stereocenters. The Morgan fingerprint density at radius 1 is 1.27 bits per heavy atom. The van der Waals surface area contributed by atoms with Crippen molar-refractivity contribution in [2.75, 3.05) is 11.9 Å². The summed E-state index contributed by atoms with van der Waals surface area (Å²) in [7, 11) is 0. The van der Waals surface area contributed by atoms with Crippen LogP contribution in [0.5, 0.6) is 11.5 Å². The van der Waals surface area contributed by atoms with E-state index in [-0.39, 0.29) is 17.6 Å². The topological polar surface area (TPSA) is 91.2 Å². The molecule has 196 valence electrons. The Labute approximate surface area is 216 Å². The Balaban J connectivity index is 1.16. The molecule has 1 fully saturated rings. The maximum atomic E-state index is 14.3. The highest BCUT2D eigenvalue weighted by Gasteiger charge is 2.28. The maximum absolute atomic E-state index is 14.3. The summed E-state index contributed by atoms with van der Waals surface area (Å²) in [5.41, 5.74) is 2.11. The van der Waals surface area contributed by atoms with Gasteiger partial charge < -0.3 is 14.8 Å². The van der Waals surface area contributed by atoms with Gasteiger partial charge in [-0.1, -0.05) is 24.6 Å². The molecule has 2 aliphatic rings. The minimum Gasteiger partial charge on any atom is -0.490 e. The van der Waals surface area contributed by atoms with E-state index in [1.807, 2.05) is 29.1 Å². The molecule has 1 aromatic carbocycles. The second-order valence-electron chi connectivity index (χ2n) is 10.0. The first-order valence-corrected chi connectivity index (χ1v) is 13.3. The summed E-state index contributed by atoms with van der Waals surface area (Å²) in [6, 6.07) is 8.84. The molecule has 8 nitrogen and oxygen atoms in total. The average molecular weight is 508 g/mol. The Bertz CT molecular complexity index is 1210. The van der Waals surface area contributed by atoms with Crippen molar-refractivity contribution in [3.8, 4) is 11.5 Å². The molecule has 3 heterocycles. The molecule has 3 aromatic rings. The molecule has 1 saturated carbocycles. The van der Waals surface area contributed by atoms with Gasteiger partial charge in [0.2, 0.25) is 0 Å². The lowest BCUT2D eigenvalue weighted by atomic mass is 9.94. The molecule has 9 heteroatoms. The van der Waals surface area contributed by atoms with Crippen molar-refractivity contribution in [2.24, 2.45) is 5.92 Å². The molecule has 1 N–H and O–H groups in total. The SMILES string of the molecule is CCC[C@@H](Cn1nncc1CCCCC1Oc2cccnc2NC1=O)c1ccc(F)c(OCC2CC2)c1. The lowest BCUT2D eigenvalue weighted by Crippen LogP contribution is -2.37. The molecule has 2 atom stereocenters. The van der Waals surface area contributed by atoms with E-state index in [1.54, 1.807) is 12.3 Å². The number of unbranched alkanes of at least 4 members (excludes halogenated alkanes) is 1. The molecule has 5 rings (SSSR count). The van der Waals surface area contributed by atoms with Gasteiger partial charge in [0.05, 0.1) is 18.5 Å². The number of carbonyl (C=O) groups is 1. The molecule has 2 aromatic heterocycles. The zero-order chi connectivity index (χ0) is 25.6. The molecule has 1 aliphatic heterocycles.